The number of benzene rings is 1. The molecule has 3 heteroatoms. The molecule has 0 aliphatic rings. The molecule has 1 rings (SSSR count). The topological polar surface area (TPSA) is 29.1 Å². The minimum atomic E-state index is -0.549. The van der Waals surface area contributed by atoms with Crippen molar-refractivity contribution in [2.45, 2.75) is 32.2 Å². The Hall–Kier alpha value is -1.27. The van der Waals surface area contributed by atoms with Gasteiger partial charge >= 0.3 is 0 Å². The molecule has 90 valence electrons. The average molecular weight is 294 g/mol. The normalized spacial score (nSPS) is 10.7. The van der Waals surface area contributed by atoms with E-state index < -0.39 is 5.54 Å². The van der Waals surface area contributed by atoms with Gasteiger partial charge in [-0.15, -0.1) is 6.42 Å². The van der Waals surface area contributed by atoms with Gasteiger partial charge in [0.15, 0.2) is 0 Å². The summed E-state index contributed by atoms with van der Waals surface area (Å²) in [5.74, 6) is 2.55. The van der Waals surface area contributed by atoms with Crippen LogP contribution in [0, 0.1) is 12.3 Å². The summed E-state index contributed by atoms with van der Waals surface area (Å²) in [6.45, 7) is 3.95. The van der Waals surface area contributed by atoms with E-state index in [0.29, 0.717) is 5.56 Å². The van der Waals surface area contributed by atoms with E-state index >= 15 is 0 Å². The summed E-state index contributed by atoms with van der Waals surface area (Å²) in [5, 5.41) is 2.93. The van der Waals surface area contributed by atoms with E-state index in [4.69, 9.17) is 6.42 Å². The number of nitrogens with one attached hydrogen (secondary N) is 1. The Bertz CT molecular complexity index is 444. The van der Waals surface area contributed by atoms with E-state index in [1.807, 2.05) is 32.0 Å². The van der Waals surface area contributed by atoms with E-state index in [1.165, 1.54) is 0 Å². The summed E-state index contributed by atoms with van der Waals surface area (Å²) in [5.41, 5.74) is 0.0563. The van der Waals surface area contributed by atoms with Crippen molar-refractivity contribution in [2.24, 2.45) is 0 Å². The van der Waals surface area contributed by atoms with Crippen molar-refractivity contribution >= 4 is 21.8 Å². The van der Waals surface area contributed by atoms with Gasteiger partial charge in [0.25, 0.3) is 5.91 Å². The molecule has 0 aliphatic heterocycles. The zero-order valence-electron chi connectivity index (χ0n) is 10.1. The standard InChI is InChI=1S/C14H16BrNO/c1-4-14(5-2,6-3)16-13(17)11-9-7-8-10-12(11)15/h1,7-10H,5-6H2,2-3H3,(H,16,17). The van der Waals surface area contributed by atoms with Gasteiger partial charge in [-0.3, -0.25) is 4.79 Å². The van der Waals surface area contributed by atoms with Gasteiger partial charge in [0.2, 0.25) is 0 Å². The smallest absolute Gasteiger partial charge is 0.253 e. The highest BCUT2D eigenvalue weighted by Gasteiger charge is 2.26. The molecule has 1 N–H and O–H groups in total. The highest BCUT2D eigenvalue weighted by Crippen LogP contribution is 2.19. The maximum Gasteiger partial charge on any atom is 0.253 e. The second-order valence-corrected chi connectivity index (χ2v) is 4.72. The van der Waals surface area contributed by atoms with E-state index in [-0.39, 0.29) is 5.91 Å². The van der Waals surface area contributed by atoms with Crippen molar-refractivity contribution in [1.29, 1.82) is 0 Å². The number of amides is 1. The second kappa shape index (κ2) is 5.88. The van der Waals surface area contributed by atoms with Crippen LogP contribution >= 0.6 is 15.9 Å². The first-order valence-electron chi connectivity index (χ1n) is 5.63. The predicted octanol–water partition coefficient (Wildman–Crippen LogP) is 3.37. The fraction of sp³-hybridized carbons (Fsp3) is 0.357. The first-order chi connectivity index (χ1) is 8.08. The van der Waals surface area contributed by atoms with Crippen LogP contribution in [0.5, 0.6) is 0 Å². The molecule has 0 unspecified atom stereocenters. The van der Waals surface area contributed by atoms with Gasteiger partial charge in [-0.05, 0) is 40.9 Å². The molecule has 0 fully saturated rings. The first kappa shape index (κ1) is 13.8. The summed E-state index contributed by atoms with van der Waals surface area (Å²) in [6.07, 6.45) is 6.95. The number of hydrogen-bond donors (Lipinski definition) is 1. The van der Waals surface area contributed by atoms with Crippen molar-refractivity contribution in [1.82, 2.24) is 5.32 Å². The summed E-state index contributed by atoms with van der Waals surface area (Å²) < 4.78 is 0.774. The predicted molar refractivity (Wildman–Crippen MR) is 73.8 cm³/mol. The Morgan fingerprint density at radius 1 is 1.41 bits per heavy atom. The fourth-order valence-corrected chi connectivity index (χ4v) is 2.06. The fourth-order valence-electron chi connectivity index (χ4n) is 1.60. The van der Waals surface area contributed by atoms with Gasteiger partial charge in [-0.1, -0.05) is 31.9 Å². The van der Waals surface area contributed by atoms with E-state index in [0.717, 1.165) is 17.3 Å². The lowest BCUT2D eigenvalue weighted by Gasteiger charge is -2.27. The Morgan fingerprint density at radius 2 is 2.00 bits per heavy atom. The highest BCUT2D eigenvalue weighted by atomic mass is 79.9. The number of terminal acetylenes is 1. The number of carbonyl (C=O) groups excluding carboxylic acids is 1. The van der Waals surface area contributed by atoms with Crippen LogP contribution in [-0.2, 0) is 0 Å². The molecule has 0 atom stereocenters. The van der Waals surface area contributed by atoms with Crippen LogP contribution < -0.4 is 5.32 Å². The van der Waals surface area contributed by atoms with E-state index in [9.17, 15) is 4.79 Å². The largest absolute Gasteiger partial charge is 0.336 e. The molecular formula is C14H16BrNO. The Kier molecular flexibility index (Phi) is 4.77. The minimum absolute atomic E-state index is 0.140. The molecule has 1 aromatic carbocycles. The third kappa shape index (κ3) is 3.10. The molecule has 0 heterocycles. The lowest BCUT2D eigenvalue weighted by Crippen LogP contribution is -2.46. The third-order valence-electron chi connectivity index (χ3n) is 2.95. The van der Waals surface area contributed by atoms with Gasteiger partial charge in [0, 0.05) is 4.47 Å². The quantitative estimate of drug-likeness (QED) is 0.848. The summed E-state index contributed by atoms with van der Waals surface area (Å²) in [7, 11) is 0. The van der Waals surface area contributed by atoms with Crippen LogP contribution in [0.15, 0.2) is 28.7 Å². The van der Waals surface area contributed by atoms with Gasteiger partial charge in [-0.2, -0.15) is 0 Å². The van der Waals surface area contributed by atoms with Crippen molar-refractivity contribution in [3.63, 3.8) is 0 Å². The van der Waals surface area contributed by atoms with Crippen LogP contribution in [0.25, 0.3) is 0 Å². The van der Waals surface area contributed by atoms with Gasteiger partial charge < -0.3 is 5.32 Å². The molecule has 0 saturated carbocycles. The summed E-state index contributed by atoms with van der Waals surface area (Å²) >= 11 is 3.36. The summed E-state index contributed by atoms with van der Waals surface area (Å²) in [6, 6.07) is 7.31. The molecule has 17 heavy (non-hydrogen) atoms. The molecule has 0 bridgehead atoms. The Morgan fingerprint density at radius 3 is 2.47 bits per heavy atom. The maximum absolute atomic E-state index is 12.1. The Balaban J connectivity index is 2.94. The van der Waals surface area contributed by atoms with Crippen molar-refractivity contribution in [3.05, 3.63) is 34.3 Å². The molecule has 0 aromatic heterocycles. The van der Waals surface area contributed by atoms with Crippen LogP contribution in [-0.4, -0.2) is 11.4 Å². The minimum Gasteiger partial charge on any atom is -0.336 e. The zero-order chi connectivity index (χ0) is 12.9. The lowest BCUT2D eigenvalue weighted by molar-refractivity contribution is 0.0915. The molecule has 0 aliphatic carbocycles. The van der Waals surface area contributed by atoms with Gasteiger partial charge in [-0.25, -0.2) is 0 Å². The lowest BCUT2D eigenvalue weighted by atomic mass is 9.93. The Labute approximate surface area is 111 Å². The number of rotatable bonds is 4. The zero-order valence-corrected chi connectivity index (χ0v) is 11.7. The maximum atomic E-state index is 12.1. The summed E-state index contributed by atoms with van der Waals surface area (Å²) in [4.78, 5) is 12.1. The van der Waals surface area contributed by atoms with Crippen molar-refractivity contribution in [2.75, 3.05) is 0 Å². The molecule has 0 spiro atoms. The number of halogens is 1. The molecular weight excluding hydrogens is 278 g/mol. The number of carbonyl (C=O) groups is 1. The van der Waals surface area contributed by atoms with Crippen molar-refractivity contribution < 1.29 is 4.79 Å². The first-order valence-corrected chi connectivity index (χ1v) is 6.42. The average Bonchev–Trinajstić information content (AvgIpc) is 2.36. The van der Waals surface area contributed by atoms with Crippen LogP contribution in [0.4, 0.5) is 0 Å². The van der Waals surface area contributed by atoms with Crippen LogP contribution in [0.1, 0.15) is 37.0 Å². The molecule has 1 amide bonds. The van der Waals surface area contributed by atoms with E-state index in [1.54, 1.807) is 6.07 Å². The number of hydrogen-bond acceptors (Lipinski definition) is 1. The van der Waals surface area contributed by atoms with Crippen LogP contribution in [0.3, 0.4) is 0 Å². The van der Waals surface area contributed by atoms with Crippen LogP contribution in [0.2, 0.25) is 0 Å². The highest BCUT2D eigenvalue weighted by molar-refractivity contribution is 9.10. The molecule has 1 aromatic rings. The molecule has 2 nitrogen and oxygen atoms in total. The van der Waals surface area contributed by atoms with Gasteiger partial charge in [0.05, 0.1) is 5.56 Å². The molecule has 0 radical (unpaired) electrons. The van der Waals surface area contributed by atoms with Crippen molar-refractivity contribution in [3.8, 4) is 12.3 Å². The van der Waals surface area contributed by atoms with Gasteiger partial charge in [0.1, 0.15) is 5.54 Å². The van der Waals surface area contributed by atoms with E-state index in [2.05, 4.69) is 27.2 Å². The second-order valence-electron chi connectivity index (χ2n) is 3.87. The monoisotopic (exact) mass is 293 g/mol. The third-order valence-corrected chi connectivity index (χ3v) is 3.65. The SMILES string of the molecule is C#CC(CC)(CC)NC(=O)c1ccccc1Br. The molecule has 0 saturated heterocycles.